The van der Waals surface area contributed by atoms with Gasteiger partial charge in [0.15, 0.2) is 5.69 Å². The van der Waals surface area contributed by atoms with Crippen LogP contribution in [0, 0.1) is 0 Å². The monoisotopic (exact) mass is 272 g/mol. The fourth-order valence-corrected chi connectivity index (χ4v) is 1.87. The molecule has 0 aliphatic rings. The summed E-state index contributed by atoms with van der Waals surface area (Å²) in [6.07, 6.45) is 4.73. The molecule has 1 aromatic carbocycles. The van der Waals surface area contributed by atoms with Gasteiger partial charge in [0.2, 0.25) is 0 Å². The largest absolute Gasteiger partial charge is 0.504 e. The van der Waals surface area contributed by atoms with Gasteiger partial charge in [-0.15, -0.1) is 0 Å². The molecule has 104 valence electrons. The fourth-order valence-electron chi connectivity index (χ4n) is 1.87. The lowest BCUT2D eigenvalue weighted by Gasteiger charge is -2.07. The Balaban J connectivity index is 2.35. The van der Waals surface area contributed by atoms with Crippen molar-refractivity contribution in [2.45, 2.75) is 6.54 Å². The summed E-state index contributed by atoms with van der Waals surface area (Å²) in [5.41, 5.74) is 2.01. The number of ether oxygens (including phenoxy) is 2. The van der Waals surface area contributed by atoms with Gasteiger partial charge in [-0.1, -0.05) is 30.3 Å². The average molecular weight is 272 g/mol. The van der Waals surface area contributed by atoms with Crippen molar-refractivity contribution < 1.29 is 14.3 Å². The second-order valence-electron chi connectivity index (χ2n) is 4.12. The minimum absolute atomic E-state index is 0.407. The highest BCUT2D eigenvalue weighted by Gasteiger charge is 2.17. The summed E-state index contributed by atoms with van der Waals surface area (Å²) in [5, 5.41) is 0. The van der Waals surface area contributed by atoms with Crippen molar-refractivity contribution >= 4 is 12.0 Å². The van der Waals surface area contributed by atoms with E-state index in [4.69, 9.17) is 9.47 Å². The van der Waals surface area contributed by atoms with E-state index in [-0.39, 0.29) is 0 Å². The molecule has 0 spiro atoms. The van der Waals surface area contributed by atoms with Gasteiger partial charge in [0.25, 0.3) is 0 Å². The van der Waals surface area contributed by atoms with Crippen molar-refractivity contribution in [3.05, 3.63) is 59.9 Å². The van der Waals surface area contributed by atoms with Crippen LogP contribution < -0.4 is 0 Å². The lowest BCUT2D eigenvalue weighted by Crippen LogP contribution is -2.12. The Morgan fingerprint density at radius 3 is 2.70 bits per heavy atom. The van der Waals surface area contributed by atoms with Gasteiger partial charge < -0.3 is 14.0 Å². The second kappa shape index (κ2) is 6.56. The minimum Gasteiger partial charge on any atom is -0.504 e. The Bertz CT molecular complexity index is 603. The topological polar surface area (TPSA) is 53.4 Å². The maximum absolute atomic E-state index is 11.9. The molecule has 5 nitrogen and oxygen atoms in total. The van der Waals surface area contributed by atoms with Crippen LogP contribution >= 0.6 is 0 Å². The first-order valence-corrected chi connectivity index (χ1v) is 6.13. The predicted molar refractivity (Wildman–Crippen MR) is 75.2 cm³/mol. The molecule has 0 N–H and O–H groups in total. The van der Waals surface area contributed by atoms with E-state index in [1.807, 2.05) is 30.3 Å². The van der Waals surface area contributed by atoms with Gasteiger partial charge in [0, 0.05) is 12.6 Å². The van der Waals surface area contributed by atoms with Gasteiger partial charge in [-0.05, 0) is 5.56 Å². The summed E-state index contributed by atoms with van der Waals surface area (Å²) in [4.78, 5) is 16.1. The highest BCUT2D eigenvalue weighted by molar-refractivity contribution is 5.91. The molecule has 0 amide bonds. The Kier molecular flexibility index (Phi) is 4.55. The highest BCUT2D eigenvalue weighted by atomic mass is 16.5. The highest BCUT2D eigenvalue weighted by Crippen LogP contribution is 2.13. The summed E-state index contributed by atoms with van der Waals surface area (Å²) in [6, 6.07) is 9.84. The fraction of sp³-hybridized carbons (Fsp3) is 0.200. The normalized spacial score (nSPS) is 10.7. The predicted octanol–water partition coefficient (Wildman–Crippen LogP) is 2.34. The Labute approximate surface area is 117 Å². The van der Waals surface area contributed by atoms with Gasteiger partial charge in [0.1, 0.15) is 0 Å². The zero-order chi connectivity index (χ0) is 14.4. The number of nitrogens with zero attached hydrogens (tertiary/aromatic N) is 2. The Hall–Kier alpha value is -2.56. The number of benzene rings is 1. The van der Waals surface area contributed by atoms with E-state index in [9.17, 15) is 4.79 Å². The average Bonchev–Trinajstić information content (AvgIpc) is 2.88. The molecule has 20 heavy (non-hydrogen) atoms. The first kappa shape index (κ1) is 13.9. The maximum Gasteiger partial charge on any atom is 0.357 e. The molecule has 2 rings (SSSR count). The molecule has 0 unspecified atom stereocenters. The Morgan fingerprint density at radius 1 is 1.30 bits per heavy atom. The first-order valence-electron chi connectivity index (χ1n) is 6.13. The van der Waals surface area contributed by atoms with Crippen molar-refractivity contribution in [2.75, 3.05) is 14.2 Å². The molecule has 0 aliphatic carbocycles. The third-order valence-corrected chi connectivity index (χ3v) is 2.80. The molecule has 1 aromatic heterocycles. The van der Waals surface area contributed by atoms with Gasteiger partial charge in [0.05, 0.1) is 32.5 Å². The molecule has 0 saturated heterocycles. The summed E-state index contributed by atoms with van der Waals surface area (Å²) >= 11 is 0. The van der Waals surface area contributed by atoms with Crippen LogP contribution in [0.25, 0.3) is 6.08 Å². The molecular weight excluding hydrogens is 256 g/mol. The number of methoxy groups -OCH3 is 2. The van der Waals surface area contributed by atoms with Gasteiger partial charge >= 0.3 is 5.97 Å². The molecule has 0 saturated carbocycles. The third-order valence-electron chi connectivity index (χ3n) is 2.80. The van der Waals surface area contributed by atoms with Crippen molar-refractivity contribution in [1.82, 2.24) is 9.55 Å². The number of carbonyl (C=O) groups excluding carboxylic acids is 1. The number of imidazole rings is 1. The molecule has 1 heterocycles. The number of hydrogen-bond donors (Lipinski definition) is 0. The van der Waals surface area contributed by atoms with Crippen molar-refractivity contribution in [3.8, 4) is 0 Å². The van der Waals surface area contributed by atoms with Crippen LogP contribution in [-0.4, -0.2) is 29.7 Å². The number of hydrogen-bond acceptors (Lipinski definition) is 4. The standard InChI is InChI=1S/C15H16N2O3/c1-19-9-8-13-14(15(18)20-2)17(11-16-13)10-12-6-4-3-5-7-12/h3-9,11H,10H2,1-2H3. The van der Waals surface area contributed by atoms with Crippen LogP contribution in [0.4, 0.5) is 0 Å². The molecule has 0 fully saturated rings. The van der Waals surface area contributed by atoms with Crippen LogP contribution in [0.1, 0.15) is 21.7 Å². The lowest BCUT2D eigenvalue weighted by atomic mass is 10.2. The van der Waals surface area contributed by atoms with Gasteiger partial charge in [-0.2, -0.15) is 0 Å². The summed E-state index contributed by atoms with van der Waals surface area (Å²) < 4.78 is 11.4. The molecule has 0 radical (unpaired) electrons. The zero-order valence-corrected chi connectivity index (χ0v) is 11.4. The molecular formula is C15H16N2O3. The molecule has 0 bridgehead atoms. The summed E-state index contributed by atoms with van der Waals surface area (Å²) in [5.74, 6) is -0.422. The molecule has 0 atom stereocenters. The van der Waals surface area contributed by atoms with Crippen molar-refractivity contribution in [3.63, 3.8) is 0 Å². The van der Waals surface area contributed by atoms with Crippen LogP contribution in [-0.2, 0) is 16.0 Å². The number of aromatic nitrogens is 2. The van der Waals surface area contributed by atoms with E-state index in [2.05, 4.69) is 4.98 Å². The number of esters is 1. The van der Waals surface area contributed by atoms with Crippen molar-refractivity contribution in [2.24, 2.45) is 0 Å². The van der Waals surface area contributed by atoms with Gasteiger partial charge in [-0.3, -0.25) is 0 Å². The van der Waals surface area contributed by atoms with Crippen molar-refractivity contribution in [1.29, 1.82) is 0 Å². The van der Waals surface area contributed by atoms with Crippen LogP contribution in [0.3, 0.4) is 0 Å². The molecule has 0 aliphatic heterocycles. The van der Waals surface area contributed by atoms with Crippen LogP contribution in [0.5, 0.6) is 0 Å². The second-order valence-corrected chi connectivity index (χ2v) is 4.12. The SMILES string of the molecule is COC=Cc1ncn(Cc2ccccc2)c1C(=O)OC. The third kappa shape index (κ3) is 3.06. The van der Waals surface area contributed by atoms with E-state index in [1.54, 1.807) is 17.0 Å². The van der Waals surface area contributed by atoms with E-state index < -0.39 is 5.97 Å². The number of carbonyl (C=O) groups is 1. The first-order chi connectivity index (χ1) is 9.76. The number of rotatable bonds is 5. The van der Waals surface area contributed by atoms with Gasteiger partial charge in [-0.25, -0.2) is 9.78 Å². The molecule has 5 heteroatoms. The van der Waals surface area contributed by atoms with E-state index in [1.165, 1.54) is 20.5 Å². The van der Waals surface area contributed by atoms with E-state index in [0.29, 0.717) is 17.9 Å². The zero-order valence-electron chi connectivity index (χ0n) is 11.4. The minimum atomic E-state index is -0.422. The lowest BCUT2D eigenvalue weighted by molar-refractivity contribution is 0.0588. The Morgan fingerprint density at radius 2 is 2.05 bits per heavy atom. The van der Waals surface area contributed by atoms with Crippen LogP contribution in [0.15, 0.2) is 42.9 Å². The summed E-state index contributed by atoms with van der Waals surface area (Å²) in [7, 11) is 2.89. The van der Waals surface area contributed by atoms with E-state index >= 15 is 0 Å². The maximum atomic E-state index is 11.9. The van der Waals surface area contributed by atoms with Crippen LogP contribution in [0.2, 0.25) is 0 Å². The molecule has 2 aromatic rings. The quantitative estimate of drug-likeness (QED) is 0.619. The smallest absolute Gasteiger partial charge is 0.357 e. The summed E-state index contributed by atoms with van der Waals surface area (Å²) in [6.45, 7) is 0.555. The van der Waals surface area contributed by atoms with E-state index in [0.717, 1.165) is 5.56 Å².